The molecule has 1 aromatic rings. The summed E-state index contributed by atoms with van der Waals surface area (Å²) >= 11 is 0. The number of hydrogen-bond acceptors (Lipinski definition) is 5. The summed E-state index contributed by atoms with van der Waals surface area (Å²) in [7, 11) is 3.85. The minimum Gasteiger partial charge on any atom is -0.497 e. The summed E-state index contributed by atoms with van der Waals surface area (Å²) in [4.78, 5) is 0. The van der Waals surface area contributed by atoms with Crippen LogP contribution in [-0.2, 0) is 15.5 Å². The molecule has 5 nitrogen and oxygen atoms in total. The maximum atomic E-state index is 11.9. The summed E-state index contributed by atoms with van der Waals surface area (Å²) in [6.45, 7) is 0.618. The summed E-state index contributed by atoms with van der Waals surface area (Å²) in [5.74, 6) is 2.37. The van der Waals surface area contributed by atoms with Crippen molar-refractivity contribution in [3.63, 3.8) is 0 Å². The molecule has 0 radical (unpaired) electrons. The van der Waals surface area contributed by atoms with Gasteiger partial charge >= 0.3 is 0 Å². The molecule has 0 saturated heterocycles. The minimum absolute atomic E-state index is 0.320. The molecule has 2 unspecified atom stereocenters. The highest BCUT2D eigenvalue weighted by Gasteiger charge is 2.15. The van der Waals surface area contributed by atoms with Gasteiger partial charge in [0.05, 0.1) is 14.2 Å². The quantitative estimate of drug-likeness (QED) is 0.700. The van der Waals surface area contributed by atoms with Crippen LogP contribution in [0, 0.1) is 0 Å². The van der Waals surface area contributed by atoms with Gasteiger partial charge in [0.25, 0.3) is 0 Å². The predicted octanol–water partition coefficient (Wildman–Crippen LogP) is 1.49. The number of benzene rings is 1. The molecule has 1 aromatic carbocycles. The average Bonchev–Trinajstić information content (AvgIpc) is 2.46. The van der Waals surface area contributed by atoms with Gasteiger partial charge in [0.2, 0.25) is 0 Å². The summed E-state index contributed by atoms with van der Waals surface area (Å²) in [5, 5.41) is 0. The molecule has 2 atom stereocenters. The molecule has 0 amide bonds. The highest BCUT2D eigenvalue weighted by atomic mass is 32.2. The Labute approximate surface area is 122 Å². The van der Waals surface area contributed by atoms with Crippen molar-refractivity contribution < 1.29 is 18.4 Å². The fourth-order valence-corrected chi connectivity index (χ4v) is 3.05. The van der Waals surface area contributed by atoms with E-state index in [2.05, 4.69) is 0 Å². The normalized spacial score (nSPS) is 13.8. The van der Waals surface area contributed by atoms with E-state index in [0.717, 1.165) is 12.0 Å². The van der Waals surface area contributed by atoms with E-state index in [0.29, 0.717) is 29.6 Å². The topological polar surface area (TPSA) is 70.8 Å². The van der Waals surface area contributed by atoms with Crippen LogP contribution < -0.4 is 15.2 Å². The minimum atomic E-state index is -0.961. The average molecular weight is 301 g/mol. The molecule has 2 N–H and O–H groups in total. The van der Waals surface area contributed by atoms with Crippen LogP contribution in [0.2, 0.25) is 0 Å². The van der Waals surface area contributed by atoms with E-state index < -0.39 is 10.8 Å². The highest BCUT2D eigenvalue weighted by Crippen LogP contribution is 2.28. The second-order valence-corrected chi connectivity index (χ2v) is 5.99. The SMILES string of the molecule is COCCCS(=O)CC(N)c1ccc(OC)cc1OC. The third kappa shape index (κ3) is 5.11. The summed E-state index contributed by atoms with van der Waals surface area (Å²) in [6.07, 6.45) is 0.773. The Morgan fingerprint density at radius 3 is 2.60 bits per heavy atom. The zero-order valence-corrected chi connectivity index (χ0v) is 13.1. The van der Waals surface area contributed by atoms with Gasteiger partial charge in [0.15, 0.2) is 0 Å². The van der Waals surface area contributed by atoms with Crippen LogP contribution in [0.3, 0.4) is 0 Å². The molecule has 0 heterocycles. The van der Waals surface area contributed by atoms with Crippen molar-refractivity contribution in [3.8, 4) is 11.5 Å². The second kappa shape index (κ2) is 8.94. The van der Waals surface area contributed by atoms with Crippen molar-refractivity contribution in [1.29, 1.82) is 0 Å². The van der Waals surface area contributed by atoms with Crippen LogP contribution >= 0.6 is 0 Å². The molecular weight excluding hydrogens is 278 g/mol. The first-order valence-electron chi connectivity index (χ1n) is 6.43. The molecule has 0 aromatic heterocycles. The smallest absolute Gasteiger partial charge is 0.127 e. The van der Waals surface area contributed by atoms with Gasteiger partial charge in [-0.25, -0.2) is 0 Å². The van der Waals surface area contributed by atoms with Gasteiger partial charge in [-0.2, -0.15) is 0 Å². The molecule has 0 fully saturated rings. The molecular formula is C14H23NO4S. The largest absolute Gasteiger partial charge is 0.497 e. The van der Waals surface area contributed by atoms with E-state index in [1.807, 2.05) is 12.1 Å². The van der Waals surface area contributed by atoms with E-state index in [1.54, 1.807) is 27.4 Å². The molecule has 0 aliphatic heterocycles. The van der Waals surface area contributed by atoms with Crippen LogP contribution in [0.15, 0.2) is 18.2 Å². The lowest BCUT2D eigenvalue weighted by Crippen LogP contribution is -2.20. The van der Waals surface area contributed by atoms with Crippen molar-refractivity contribution >= 4 is 10.8 Å². The maximum absolute atomic E-state index is 11.9. The van der Waals surface area contributed by atoms with Gasteiger partial charge in [-0.3, -0.25) is 4.21 Å². The summed E-state index contributed by atoms with van der Waals surface area (Å²) < 4.78 is 27.3. The van der Waals surface area contributed by atoms with E-state index >= 15 is 0 Å². The number of ether oxygens (including phenoxy) is 3. The van der Waals surface area contributed by atoms with Crippen molar-refractivity contribution in [3.05, 3.63) is 23.8 Å². The molecule has 0 saturated carbocycles. The zero-order chi connectivity index (χ0) is 15.0. The fraction of sp³-hybridized carbons (Fsp3) is 0.571. The van der Waals surface area contributed by atoms with Crippen molar-refractivity contribution in [2.45, 2.75) is 12.5 Å². The lowest BCUT2D eigenvalue weighted by atomic mass is 10.1. The van der Waals surface area contributed by atoms with Gasteiger partial charge in [0, 0.05) is 53.7 Å². The number of hydrogen-bond donors (Lipinski definition) is 1. The molecule has 0 aliphatic carbocycles. The maximum Gasteiger partial charge on any atom is 0.127 e. The van der Waals surface area contributed by atoms with E-state index in [1.165, 1.54) is 0 Å². The molecule has 0 bridgehead atoms. The van der Waals surface area contributed by atoms with Crippen molar-refractivity contribution in [2.24, 2.45) is 5.73 Å². The van der Waals surface area contributed by atoms with E-state index in [-0.39, 0.29) is 6.04 Å². The van der Waals surface area contributed by atoms with E-state index in [9.17, 15) is 4.21 Å². The first-order valence-corrected chi connectivity index (χ1v) is 7.92. The van der Waals surface area contributed by atoms with Gasteiger partial charge in [-0.05, 0) is 12.5 Å². The lowest BCUT2D eigenvalue weighted by Gasteiger charge is -2.16. The van der Waals surface area contributed by atoms with Gasteiger partial charge in [0.1, 0.15) is 11.5 Å². The van der Waals surface area contributed by atoms with E-state index in [4.69, 9.17) is 19.9 Å². The molecule has 114 valence electrons. The Balaban J connectivity index is 2.66. The Morgan fingerprint density at radius 1 is 1.25 bits per heavy atom. The van der Waals surface area contributed by atoms with Crippen molar-refractivity contribution in [1.82, 2.24) is 0 Å². The van der Waals surface area contributed by atoms with Crippen LogP contribution in [-0.4, -0.2) is 43.7 Å². The van der Waals surface area contributed by atoms with Gasteiger partial charge in [-0.15, -0.1) is 0 Å². The molecule has 6 heteroatoms. The van der Waals surface area contributed by atoms with Gasteiger partial charge in [-0.1, -0.05) is 6.07 Å². The molecule has 0 aliphatic rings. The molecule has 1 rings (SSSR count). The number of rotatable bonds is 9. The summed E-state index contributed by atoms with van der Waals surface area (Å²) in [5.41, 5.74) is 6.96. The predicted molar refractivity (Wildman–Crippen MR) is 80.8 cm³/mol. The van der Waals surface area contributed by atoms with Crippen molar-refractivity contribution in [2.75, 3.05) is 39.4 Å². The first kappa shape index (κ1) is 16.9. The van der Waals surface area contributed by atoms with Crippen LogP contribution in [0.25, 0.3) is 0 Å². The number of nitrogens with two attached hydrogens (primary N) is 1. The van der Waals surface area contributed by atoms with Crippen LogP contribution in [0.4, 0.5) is 0 Å². The first-order chi connectivity index (χ1) is 9.62. The van der Waals surface area contributed by atoms with Crippen LogP contribution in [0.5, 0.6) is 11.5 Å². The van der Waals surface area contributed by atoms with Gasteiger partial charge < -0.3 is 19.9 Å². The molecule has 0 spiro atoms. The monoisotopic (exact) mass is 301 g/mol. The second-order valence-electron chi connectivity index (χ2n) is 4.37. The Kier molecular flexibility index (Phi) is 7.58. The highest BCUT2D eigenvalue weighted by molar-refractivity contribution is 7.85. The molecule has 20 heavy (non-hydrogen) atoms. The lowest BCUT2D eigenvalue weighted by molar-refractivity contribution is 0.200. The third-order valence-electron chi connectivity index (χ3n) is 2.93. The van der Waals surface area contributed by atoms with Crippen LogP contribution in [0.1, 0.15) is 18.0 Å². The Bertz CT molecular complexity index is 439. The Morgan fingerprint density at radius 2 is 2.00 bits per heavy atom. The number of methoxy groups -OCH3 is 3. The third-order valence-corrected chi connectivity index (χ3v) is 4.40. The fourth-order valence-electron chi connectivity index (χ4n) is 1.86. The standard InChI is InChI=1S/C14H23NO4S/c1-17-7-4-8-20(16)10-13(15)12-6-5-11(18-2)9-14(12)19-3/h5-6,9,13H,4,7-8,10,15H2,1-3H3. The zero-order valence-electron chi connectivity index (χ0n) is 12.3. The summed E-state index contributed by atoms with van der Waals surface area (Å²) in [6, 6.07) is 5.14. The Hall–Kier alpha value is -1.11.